The van der Waals surface area contributed by atoms with Crippen LogP contribution in [0.1, 0.15) is 36.9 Å². The molecule has 9 heteroatoms. The molecule has 34 heavy (non-hydrogen) atoms. The fourth-order valence-corrected chi connectivity index (χ4v) is 5.74. The van der Waals surface area contributed by atoms with Crippen LogP contribution in [0.15, 0.2) is 71.6 Å². The van der Waals surface area contributed by atoms with Gasteiger partial charge in [-0.15, -0.1) is 0 Å². The van der Waals surface area contributed by atoms with Crippen LogP contribution < -0.4 is 5.32 Å². The van der Waals surface area contributed by atoms with Gasteiger partial charge in [0.2, 0.25) is 15.9 Å². The van der Waals surface area contributed by atoms with Crippen LogP contribution >= 0.6 is 0 Å². The number of alkyl halides is 3. The second kappa shape index (κ2) is 9.38. The number of benzene rings is 3. The lowest BCUT2D eigenvalue weighted by atomic mass is 9.96. The van der Waals surface area contributed by atoms with E-state index in [1.165, 1.54) is 10.4 Å². The Labute approximate surface area is 196 Å². The van der Waals surface area contributed by atoms with E-state index < -0.39 is 33.7 Å². The summed E-state index contributed by atoms with van der Waals surface area (Å²) in [5, 5.41) is 4.56. The van der Waals surface area contributed by atoms with Gasteiger partial charge in [-0.25, -0.2) is 8.42 Å². The molecule has 0 spiro atoms. The van der Waals surface area contributed by atoms with Crippen LogP contribution in [-0.4, -0.2) is 31.7 Å². The Morgan fingerprint density at radius 3 is 2.32 bits per heavy atom. The first-order chi connectivity index (χ1) is 16.1. The minimum atomic E-state index is -4.46. The number of fused-ring (bicyclic) bond motifs is 1. The maximum atomic E-state index is 13.1. The Morgan fingerprint density at radius 1 is 0.971 bits per heavy atom. The molecule has 180 valence electrons. The van der Waals surface area contributed by atoms with Crippen molar-refractivity contribution in [3.8, 4) is 0 Å². The summed E-state index contributed by atoms with van der Waals surface area (Å²) in [4.78, 5) is 13.0. The van der Waals surface area contributed by atoms with Gasteiger partial charge in [0.05, 0.1) is 16.5 Å². The van der Waals surface area contributed by atoms with Gasteiger partial charge in [-0.2, -0.15) is 17.5 Å². The van der Waals surface area contributed by atoms with Crippen LogP contribution in [0.4, 0.5) is 13.2 Å². The molecule has 1 aliphatic rings. The second-order valence-electron chi connectivity index (χ2n) is 8.54. The highest BCUT2D eigenvalue weighted by Crippen LogP contribution is 2.31. The van der Waals surface area contributed by atoms with E-state index in [-0.39, 0.29) is 23.9 Å². The van der Waals surface area contributed by atoms with Crippen molar-refractivity contribution in [1.82, 2.24) is 9.62 Å². The van der Waals surface area contributed by atoms with E-state index >= 15 is 0 Å². The molecule has 1 fully saturated rings. The topological polar surface area (TPSA) is 66.5 Å². The van der Waals surface area contributed by atoms with Crippen LogP contribution in [0.5, 0.6) is 0 Å². The first kappa shape index (κ1) is 24.2. The van der Waals surface area contributed by atoms with Gasteiger partial charge in [0, 0.05) is 19.0 Å². The zero-order chi connectivity index (χ0) is 24.5. The van der Waals surface area contributed by atoms with E-state index in [9.17, 15) is 26.4 Å². The molecule has 1 aliphatic heterocycles. The van der Waals surface area contributed by atoms with Crippen LogP contribution in [-0.2, 0) is 21.0 Å². The first-order valence-corrected chi connectivity index (χ1v) is 12.5. The lowest BCUT2D eigenvalue weighted by Crippen LogP contribution is -2.43. The molecule has 1 amide bonds. The molecule has 0 bridgehead atoms. The van der Waals surface area contributed by atoms with Gasteiger partial charge in [0.1, 0.15) is 0 Å². The van der Waals surface area contributed by atoms with Crippen molar-refractivity contribution >= 4 is 26.7 Å². The summed E-state index contributed by atoms with van der Waals surface area (Å²) in [7, 11) is -3.69. The number of nitrogens with zero attached hydrogens (tertiary/aromatic N) is 1. The lowest BCUT2D eigenvalue weighted by Gasteiger charge is -2.31. The van der Waals surface area contributed by atoms with Gasteiger partial charge < -0.3 is 5.32 Å². The highest BCUT2D eigenvalue weighted by atomic mass is 32.2. The van der Waals surface area contributed by atoms with Crippen LogP contribution in [0, 0.1) is 5.92 Å². The maximum absolute atomic E-state index is 13.1. The van der Waals surface area contributed by atoms with E-state index in [0.29, 0.717) is 18.4 Å². The number of piperidine rings is 1. The monoisotopic (exact) mass is 490 g/mol. The molecule has 1 atom stereocenters. The molecule has 1 unspecified atom stereocenters. The van der Waals surface area contributed by atoms with Crippen molar-refractivity contribution in [1.29, 1.82) is 0 Å². The van der Waals surface area contributed by atoms with Gasteiger partial charge in [-0.3, -0.25) is 4.79 Å². The molecular formula is C25H25F3N2O3S. The molecule has 0 aliphatic carbocycles. The summed E-state index contributed by atoms with van der Waals surface area (Å²) in [5.74, 6) is -0.691. The van der Waals surface area contributed by atoms with E-state index in [4.69, 9.17) is 0 Å². The largest absolute Gasteiger partial charge is 0.416 e. The molecule has 0 saturated carbocycles. The Bertz CT molecular complexity index is 1300. The van der Waals surface area contributed by atoms with E-state index in [2.05, 4.69) is 5.32 Å². The van der Waals surface area contributed by atoms with Gasteiger partial charge >= 0.3 is 6.18 Å². The Kier molecular flexibility index (Phi) is 6.69. The second-order valence-corrected chi connectivity index (χ2v) is 10.5. The number of rotatable bonds is 5. The minimum Gasteiger partial charge on any atom is -0.349 e. The number of hydrogen-bond acceptors (Lipinski definition) is 3. The predicted octanol–water partition coefficient (Wildman–Crippen LogP) is 5.14. The van der Waals surface area contributed by atoms with Crippen LogP contribution in [0.25, 0.3) is 10.8 Å². The molecule has 4 rings (SSSR count). The zero-order valence-electron chi connectivity index (χ0n) is 18.5. The molecule has 1 saturated heterocycles. The van der Waals surface area contributed by atoms with Crippen molar-refractivity contribution in [3.05, 3.63) is 77.9 Å². The Balaban J connectivity index is 1.38. The van der Waals surface area contributed by atoms with Crippen molar-refractivity contribution in [2.24, 2.45) is 5.92 Å². The van der Waals surface area contributed by atoms with Crippen molar-refractivity contribution < 1.29 is 26.4 Å². The first-order valence-electron chi connectivity index (χ1n) is 11.0. The van der Waals surface area contributed by atoms with Crippen LogP contribution in [0.2, 0.25) is 0 Å². The fraction of sp³-hybridized carbons (Fsp3) is 0.320. The number of carbonyl (C=O) groups excluding carboxylic acids is 1. The smallest absolute Gasteiger partial charge is 0.349 e. The predicted molar refractivity (Wildman–Crippen MR) is 123 cm³/mol. The molecule has 0 radical (unpaired) electrons. The summed E-state index contributed by atoms with van der Waals surface area (Å²) in [5.41, 5.74) is -0.405. The number of amides is 1. The standard InChI is InChI=1S/C25H25F3N2O3S/c1-17(20-7-4-8-22(15-20)25(26,27)28)29-24(31)19-11-13-30(14-12-19)34(32,33)23-10-9-18-5-2-3-6-21(18)16-23/h2-10,15-17,19H,11-14H2,1H3,(H,29,31). The van der Waals surface area contributed by atoms with Gasteiger partial charge in [-0.1, -0.05) is 42.5 Å². The summed E-state index contributed by atoms with van der Waals surface area (Å²) < 4.78 is 66.5. The average Bonchev–Trinajstić information content (AvgIpc) is 2.83. The lowest BCUT2D eigenvalue weighted by molar-refractivity contribution is -0.137. The number of halogens is 3. The van der Waals surface area contributed by atoms with Gasteiger partial charge in [0.25, 0.3) is 0 Å². The maximum Gasteiger partial charge on any atom is 0.416 e. The summed E-state index contributed by atoms with van der Waals surface area (Å²) in [6.07, 6.45) is -3.77. The van der Waals surface area contributed by atoms with E-state index in [0.717, 1.165) is 22.9 Å². The summed E-state index contributed by atoms with van der Waals surface area (Å²) >= 11 is 0. The average molecular weight is 491 g/mol. The number of hydrogen-bond donors (Lipinski definition) is 1. The molecule has 5 nitrogen and oxygen atoms in total. The normalized spacial score (nSPS) is 16.9. The third kappa shape index (κ3) is 5.10. The summed E-state index contributed by atoms with van der Waals surface area (Å²) in [6.45, 7) is 2.03. The zero-order valence-corrected chi connectivity index (χ0v) is 19.4. The van der Waals surface area contributed by atoms with Crippen molar-refractivity contribution in [2.75, 3.05) is 13.1 Å². The molecule has 3 aromatic carbocycles. The number of nitrogens with one attached hydrogen (secondary N) is 1. The number of sulfonamides is 1. The van der Waals surface area contributed by atoms with Gasteiger partial charge in [-0.05, 0) is 60.4 Å². The minimum absolute atomic E-state index is 0.200. The Hall–Kier alpha value is -2.91. The third-order valence-corrected chi connectivity index (χ3v) is 8.15. The molecule has 1 N–H and O–H groups in total. The molecule has 1 heterocycles. The van der Waals surface area contributed by atoms with Crippen molar-refractivity contribution in [2.45, 2.75) is 36.9 Å². The number of carbonyl (C=O) groups is 1. The fourth-order valence-electron chi connectivity index (χ4n) is 4.23. The van der Waals surface area contributed by atoms with E-state index in [1.54, 1.807) is 31.2 Å². The SMILES string of the molecule is CC(NC(=O)C1CCN(S(=O)(=O)c2ccc3ccccc3c2)CC1)c1cccc(C(F)(F)F)c1. The Morgan fingerprint density at radius 2 is 1.65 bits per heavy atom. The highest BCUT2D eigenvalue weighted by molar-refractivity contribution is 7.89. The molecular weight excluding hydrogens is 465 g/mol. The molecule has 3 aromatic rings. The van der Waals surface area contributed by atoms with Crippen molar-refractivity contribution in [3.63, 3.8) is 0 Å². The quantitative estimate of drug-likeness (QED) is 0.539. The third-order valence-electron chi connectivity index (χ3n) is 6.26. The van der Waals surface area contributed by atoms with Gasteiger partial charge in [0.15, 0.2) is 0 Å². The molecule has 0 aromatic heterocycles. The van der Waals surface area contributed by atoms with E-state index in [1.807, 2.05) is 24.3 Å². The highest BCUT2D eigenvalue weighted by Gasteiger charge is 2.33. The summed E-state index contributed by atoms with van der Waals surface area (Å²) in [6, 6.07) is 16.8. The van der Waals surface area contributed by atoms with Crippen LogP contribution in [0.3, 0.4) is 0 Å².